The van der Waals surface area contributed by atoms with Crippen LogP contribution < -0.4 is 28.4 Å². The number of hydrogen-bond donors (Lipinski definition) is 0. The second-order valence-corrected chi connectivity index (χ2v) is 12.5. The summed E-state index contributed by atoms with van der Waals surface area (Å²) >= 11 is 0. The minimum absolute atomic E-state index is 0.0173. The summed E-state index contributed by atoms with van der Waals surface area (Å²) in [6.45, 7) is 24.3. The standard InChI is InChI=1S/C36H48O6/c1-19(2)37-31-13-25-26(14-32(31)38-20(3)4)28-16-34(40-22(7)8)36(42-24(11)12)18-30(28)29-17-35(41-23(9)10)33(15-27(25)29)39-21(5)6/h13-24H,1-12H3. The molecular formula is C36H48O6. The molecule has 0 N–H and O–H groups in total. The zero-order valence-electron chi connectivity index (χ0n) is 27.4. The summed E-state index contributed by atoms with van der Waals surface area (Å²) in [5, 5.41) is 6.18. The number of ether oxygens (including phenoxy) is 6. The first-order chi connectivity index (χ1) is 19.7. The van der Waals surface area contributed by atoms with E-state index in [1.54, 1.807) is 0 Å². The van der Waals surface area contributed by atoms with Gasteiger partial charge >= 0.3 is 0 Å². The van der Waals surface area contributed by atoms with Gasteiger partial charge in [0.15, 0.2) is 34.5 Å². The lowest BCUT2D eigenvalue weighted by molar-refractivity contribution is 0.199. The smallest absolute Gasteiger partial charge is 0.162 e. The fourth-order valence-corrected chi connectivity index (χ4v) is 5.09. The van der Waals surface area contributed by atoms with Crippen molar-refractivity contribution in [1.29, 1.82) is 0 Å². The average molecular weight is 577 g/mol. The van der Waals surface area contributed by atoms with Crippen LogP contribution in [0.4, 0.5) is 0 Å². The second-order valence-electron chi connectivity index (χ2n) is 12.5. The van der Waals surface area contributed by atoms with Crippen LogP contribution in [0.25, 0.3) is 32.3 Å². The van der Waals surface area contributed by atoms with E-state index in [-0.39, 0.29) is 36.6 Å². The SMILES string of the molecule is CC(C)Oc1cc2c3cc(OC(C)C)c(OC(C)C)cc3c3cc(OC(C)C)c(OC(C)C)cc3c2cc1OC(C)C. The van der Waals surface area contributed by atoms with Crippen LogP contribution in [0.5, 0.6) is 34.5 Å². The third-order valence-corrected chi connectivity index (χ3v) is 6.30. The van der Waals surface area contributed by atoms with E-state index in [2.05, 4.69) is 36.4 Å². The van der Waals surface area contributed by atoms with E-state index in [9.17, 15) is 0 Å². The number of fused-ring (bicyclic) bond motifs is 6. The molecule has 0 fully saturated rings. The highest BCUT2D eigenvalue weighted by atomic mass is 16.5. The topological polar surface area (TPSA) is 55.4 Å². The Hall–Kier alpha value is -3.54. The van der Waals surface area contributed by atoms with Crippen molar-refractivity contribution >= 4 is 32.3 Å². The highest BCUT2D eigenvalue weighted by molar-refractivity contribution is 6.26. The third-order valence-electron chi connectivity index (χ3n) is 6.30. The monoisotopic (exact) mass is 576 g/mol. The zero-order valence-corrected chi connectivity index (χ0v) is 27.4. The Kier molecular flexibility index (Phi) is 9.54. The molecule has 0 aliphatic rings. The largest absolute Gasteiger partial charge is 0.487 e. The fraction of sp³-hybridized carbons (Fsp3) is 0.500. The lowest BCUT2D eigenvalue weighted by atomic mass is 9.93. The Morgan fingerprint density at radius 1 is 0.262 bits per heavy atom. The molecule has 0 atom stereocenters. The van der Waals surface area contributed by atoms with Gasteiger partial charge in [0, 0.05) is 0 Å². The molecule has 0 heterocycles. The maximum atomic E-state index is 6.30. The van der Waals surface area contributed by atoms with Crippen LogP contribution in [0.2, 0.25) is 0 Å². The van der Waals surface area contributed by atoms with Gasteiger partial charge in [-0.05, 0) is 152 Å². The fourth-order valence-electron chi connectivity index (χ4n) is 5.09. The van der Waals surface area contributed by atoms with E-state index in [0.29, 0.717) is 34.5 Å². The number of hydrogen-bond acceptors (Lipinski definition) is 6. The summed E-state index contributed by atoms with van der Waals surface area (Å²) in [7, 11) is 0. The minimum Gasteiger partial charge on any atom is -0.487 e. The van der Waals surface area contributed by atoms with Crippen molar-refractivity contribution in [2.45, 2.75) is 120 Å². The van der Waals surface area contributed by atoms with Crippen molar-refractivity contribution in [2.75, 3.05) is 0 Å². The third kappa shape index (κ3) is 7.08. The molecule has 0 saturated heterocycles. The van der Waals surface area contributed by atoms with Crippen LogP contribution in [0, 0.1) is 0 Å². The van der Waals surface area contributed by atoms with Gasteiger partial charge < -0.3 is 28.4 Å². The number of rotatable bonds is 12. The molecule has 0 aliphatic heterocycles. The van der Waals surface area contributed by atoms with Gasteiger partial charge in [0.2, 0.25) is 0 Å². The van der Waals surface area contributed by atoms with Crippen molar-refractivity contribution in [1.82, 2.24) is 0 Å². The molecule has 0 unspecified atom stereocenters. The molecule has 4 aromatic carbocycles. The van der Waals surface area contributed by atoms with Gasteiger partial charge in [-0.3, -0.25) is 0 Å². The van der Waals surface area contributed by atoms with Gasteiger partial charge in [-0.25, -0.2) is 0 Å². The predicted molar refractivity (Wildman–Crippen MR) is 174 cm³/mol. The van der Waals surface area contributed by atoms with Gasteiger partial charge in [-0.1, -0.05) is 0 Å². The van der Waals surface area contributed by atoms with E-state index in [1.165, 1.54) is 0 Å². The van der Waals surface area contributed by atoms with Crippen molar-refractivity contribution in [3.05, 3.63) is 36.4 Å². The molecule has 0 saturated carbocycles. The summed E-state index contributed by atoms with van der Waals surface area (Å²) in [6, 6.07) is 12.6. The first-order valence-corrected chi connectivity index (χ1v) is 15.3. The van der Waals surface area contributed by atoms with Gasteiger partial charge in [0.1, 0.15) is 0 Å². The molecule has 0 amide bonds. The highest BCUT2D eigenvalue weighted by Crippen LogP contribution is 2.47. The maximum absolute atomic E-state index is 6.30. The van der Waals surface area contributed by atoms with E-state index in [0.717, 1.165) is 32.3 Å². The normalized spacial score (nSPS) is 12.1. The molecule has 0 aliphatic carbocycles. The minimum atomic E-state index is -0.0173. The van der Waals surface area contributed by atoms with Crippen molar-refractivity contribution in [3.8, 4) is 34.5 Å². The maximum Gasteiger partial charge on any atom is 0.162 e. The molecule has 6 heteroatoms. The molecule has 0 bridgehead atoms. The Bertz CT molecular complexity index is 1220. The Labute approximate surface area is 251 Å². The van der Waals surface area contributed by atoms with Gasteiger partial charge in [0.25, 0.3) is 0 Å². The van der Waals surface area contributed by atoms with E-state index >= 15 is 0 Å². The lowest BCUT2D eigenvalue weighted by Crippen LogP contribution is -2.12. The molecule has 4 rings (SSSR count). The molecule has 0 radical (unpaired) electrons. The van der Waals surface area contributed by atoms with Crippen LogP contribution >= 0.6 is 0 Å². The van der Waals surface area contributed by atoms with Gasteiger partial charge in [-0.2, -0.15) is 0 Å². The average Bonchev–Trinajstić information content (AvgIpc) is 2.84. The van der Waals surface area contributed by atoms with Crippen LogP contribution in [-0.4, -0.2) is 36.6 Å². The molecule has 4 aromatic rings. The summed E-state index contributed by atoms with van der Waals surface area (Å²) in [6.07, 6.45) is -0.104. The Balaban J connectivity index is 2.22. The number of benzene rings is 4. The molecule has 6 nitrogen and oxygen atoms in total. The molecule has 42 heavy (non-hydrogen) atoms. The highest BCUT2D eigenvalue weighted by Gasteiger charge is 2.22. The Morgan fingerprint density at radius 3 is 0.476 bits per heavy atom. The van der Waals surface area contributed by atoms with Gasteiger partial charge in [0.05, 0.1) is 36.6 Å². The molecule has 0 aromatic heterocycles. The van der Waals surface area contributed by atoms with Crippen molar-refractivity contribution in [3.63, 3.8) is 0 Å². The van der Waals surface area contributed by atoms with Crippen molar-refractivity contribution < 1.29 is 28.4 Å². The first kappa shape index (κ1) is 31.4. The summed E-state index contributed by atoms with van der Waals surface area (Å²) in [4.78, 5) is 0. The van der Waals surface area contributed by atoms with E-state index in [4.69, 9.17) is 28.4 Å². The summed E-state index contributed by atoms with van der Waals surface area (Å²) < 4.78 is 37.8. The van der Waals surface area contributed by atoms with E-state index in [1.807, 2.05) is 83.1 Å². The summed E-state index contributed by atoms with van der Waals surface area (Å²) in [5.41, 5.74) is 0. The van der Waals surface area contributed by atoms with Crippen LogP contribution in [0.15, 0.2) is 36.4 Å². The lowest BCUT2D eigenvalue weighted by Gasteiger charge is -2.23. The zero-order chi connectivity index (χ0) is 30.9. The van der Waals surface area contributed by atoms with Crippen LogP contribution in [0.3, 0.4) is 0 Å². The molecular weight excluding hydrogens is 528 g/mol. The van der Waals surface area contributed by atoms with E-state index < -0.39 is 0 Å². The van der Waals surface area contributed by atoms with Gasteiger partial charge in [-0.15, -0.1) is 0 Å². The summed E-state index contributed by atoms with van der Waals surface area (Å²) in [5.74, 6) is 4.25. The molecule has 0 spiro atoms. The van der Waals surface area contributed by atoms with Crippen LogP contribution in [0.1, 0.15) is 83.1 Å². The second kappa shape index (κ2) is 12.8. The quantitative estimate of drug-likeness (QED) is 0.156. The first-order valence-electron chi connectivity index (χ1n) is 15.3. The molecule has 228 valence electrons. The van der Waals surface area contributed by atoms with Crippen molar-refractivity contribution in [2.24, 2.45) is 0 Å². The van der Waals surface area contributed by atoms with Crippen LogP contribution in [-0.2, 0) is 0 Å². The predicted octanol–water partition coefficient (Wildman–Crippen LogP) is 9.87. The Morgan fingerprint density at radius 2 is 0.381 bits per heavy atom.